The fourth-order valence-electron chi connectivity index (χ4n) is 1.68. The van der Waals surface area contributed by atoms with Gasteiger partial charge in [-0.2, -0.15) is 0 Å². The zero-order valence-corrected chi connectivity index (χ0v) is 13.4. The zero-order chi connectivity index (χ0) is 15.9. The lowest BCUT2D eigenvalue weighted by Gasteiger charge is -2.30. The molecular weight excluding hydrogens is 293 g/mol. The fraction of sp³-hybridized carbons (Fsp3) is 0.500. The minimum atomic E-state index is -3.43. The lowest BCUT2D eigenvalue weighted by molar-refractivity contribution is -0.143. The molecule has 7 heteroatoms. The molecule has 2 N–H and O–H groups in total. The van der Waals surface area contributed by atoms with Gasteiger partial charge in [0.15, 0.2) is 0 Å². The molecule has 0 radical (unpaired) electrons. The van der Waals surface area contributed by atoms with Gasteiger partial charge in [0, 0.05) is 7.11 Å². The lowest BCUT2D eigenvalue weighted by Crippen LogP contribution is -2.47. The minimum absolute atomic E-state index is 0.119. The SMILES string of the molecule is CC[C@](C)(NP(=O)(COC)OCc1ccccc1)C(=O)O. The van der Waals surface area contributed by atoms with Crippen molar-refractivity contribution in [2.24, 2.45) is 0 Å². The minimum Gasteiger partial charge on any atom is -0.480 e. The van der Waals surface area contributed by atoms with Gasteiger partial charge in [-0.1, -0.05) is 37.3 Å². The topological polar surface area (TPSA) is 84.9 Å². The van der Waals surface area contributed by atoms with Crippen molar-refractivity contribution in [2.75, 3.05) is 13.5 Å². The lowest BCUT2D eigenvalue weighted by atomic mass is 10.0. The Labute approximate surface area is 125 Å². The van der Waals surface area contributed by atoms with Crippen LogP contribution in [0.3, 0.4) is 0 Å². The highest BCUT2D eigenvalue weighted by Gasteiger charge is 2.39. The van der Waals surface area contributed by atoms with E-state index >= 15 is 0 Å². The molecule has 1 aromatic carbocycles. The van der Waals surface area contributed by atoms with E-state index in [0.717, 1.165) is 5.56 Å². The van der Waals surface area contributed by atoms with Gasteiger partial charge in [-0.15, -0.1) is 0 Å². The van der Waals surface area contributed by atoms with Crippen molar-refractivity contribution in [3.8, 4) is 0 Å². The maximum absolute atomic E-state index is 12.7. The average molecular weight is 315 g/mol. The standard InChI is InChI=1S/C14H22NO5P/c1-4-14(2,13(16)17)15-21(18,11-19-3)20-10-12-8-6-5-7-9-12/h5-9H,4,10-11H2,1-3H3,(H,15,18)(H,16,17)/t14-,21?/m0/s1. The molecule has 2 atom stereocenters. The number of rotatable bonds is 9. The summed E-state index contributed by atoms with van der Waals surface area (Å²) in [6, 6.07) is 9.25. The maximum atomic E-state index is 12.7. The third kappa shape index (κ3) is 5.25. The van der Waals surface area contributed by atoms with Crippen molar-refractivity contribution in [1.29, 1.82) is 0 Å². The second-order valence-corrected chi connectivity index (χ2v) is 7.04. The molecule has 0 heterocycles. The molecule has 0 aliphatic heterocycles. The number of methoxy groups -OCH3 is 1. The van der Waals surface area contributed by atoms with Crippen molar-refractivity contribution in [3.63, 3.8) is 0 Å². The van der Waals surface area contributed by atoms with E-state index in [1.165, 1.54) is 14.0 Å². The number of benzene rings is 1. The van der Waals surface area contributed by atoms with E-state index in [9.17, 15) is 14.5 Å². The smallest absolute Gasteiger partial charge is 0.324 e. The third-order valence-electron chi connectivity index (χ3n) is 3.18. The third-order valence-corrected chi connectivity index (χ3v) is 5.16. The largest absolute Gasteiger partial charge is 0.480 e. The Kier molecular flexibility index (Phi) is 6.55. The molecular formula is C14H22NO5P. The van der Waals surface area contributed by atoms with Crippen molar-refractivity contribution in [3.05, 3.63) is 35.9 Å². The van der Waals surface area contributed by atoms with Crippen LogP contribution < -0.4 is 5.09 Å². The molecule has 0 aromatic heterocycles. The summed E-state index contributed by atoms with van der Waals surface area (Å²) in [6.45, 7) is 3.30. The van der Waals surface area contributed by atoms with Gasteiger partial charge in [0.2, 0.25) is 0 Å². The Morgan fingerprint density at radius 3 is 2.48 bits per heavy atom. The maximum Gasteiger partial charge on any atom is 0.324 e. The highest BCUT2D eigenvalue weighted by atomic mass is 31.2. The van der Waals surface area contributed by atoms with Gasteiger partial charge in [-0.25, -0.2) is 5.09 Å². The summed E-state index contributed by atoms with van der Waals surface area (Å²) in [6.07, 6.45) is 0.0768. The molecule has 0 fully saturated rings. The Balaban J connectivity index is 2.82. The molecule has 0 aliphatic carbocycles. The summed E-state index contributed by atoms with van der Waals surface area (Å²) in [7, 11) is -2.04. The van der Waals surface area contributed by atoms with Crippen LogP contribution >= 0.6 is 7.52 Å². The molecule has 1 aromatic rings. The molecule has 0 bridgehead atoms. The Hall–Kier alpha value is -1.20. The molecule has 0 aliphatic rings. The highest BCUT2D eigenvalue weighted by molar-refractivity contribution is 7.56. The van der Waals surface area contributed by atoms with Gasteiger partial charge in [0.05, 0.1) is 6.61 Å². The van der Waals surface area contributed by atoms with Crippen molar-refractivity contribution in [2.45, 2.75) is 32.4 Å². The summed E-state index contributed by atoms with van der Waals surface area (Å²) in [5, 5.41) is 11.9. The summed E-state index contributed by atoms with van der Waals surface area (Å²) in [4.78, 5) is 11.3. The first-order valence-corrected chi connectivity index (χ1v) is 8.45. The first-order chi connectivity index (χ1) is 9.85. The van der Waals surface area contributed by atoms with E-state index in [2.05, 4.69) is 5.09 Å². The molecule has 118 valence electrons. The number of nitrogens with one attached hydrogen (secondary N) is 1. The molecule has 6 nitrogen and oxygen atoms in total. The van der Waals surface area contributed by atoms with Crippen LogP contribution in [-0.4, -0.2) is 30.1 Å². The Morgan fingerprint density at radius 2 is 2.00 bits per heavy atom. The molecule has 0 saturated heterocycles. The van der Waals surface area contributed by atoms with Crippen LogP contribution in [0.25, 0.3) is 0 Å². The monoisotopic (exact) mass is 315 g/mol. The normalized spacial score (nSPS) is 16.9. The molecule has 0 saturated carbocycles. The molecule has 21 heavy (non-hydrogen) atoms. The number of carbonyl (C=O) groups is 1. The average Bonchev–Trinajstić information content (AvgIpc) is 2.46. The van der Waals surface area contributed by atoms with E-state index in [1.807, 2.05) is 30.3 Å². The summed E-state index contributed by atoms with van der Waals surface area (Å²) >= 11 is 0. The quantitative estimate of drug-likeness (QED) is 0.682. The number of aliphatic carboxylic acids is 1. The van der Waals surface area contributed by atoms with E-state index in [1.54, 1.807) is 6.92 Å². The summed E-state index contributed by atoms with van der Waals surface area (Å²) in [5.41, 5.74) is -0.478. The van der Waals surface area contributed by atoms with E-state index < -0.39 is 19.0 Å². The van der Waals surface area contributed by atoms with Crippen LogP contribution in [0.4, 0.5) is 0 Å². The predicted octanol–water partition coefficient (Wildman–Crippen LogP) is 2.84. The summed E-state index contributed by atoms with van der Waals surface area (Å²) < 4.78 is 23.1. The predicted molar refractivity (Wildman–Crippen MR) is 80.2 cm³/mol. The first kappa shape index (κ1) is 17.9. The Morgan fingerprint density at radius 1 is 1.38 bits per heavy atom. The van der Waals surface area contributed by atoms with Crippen LogP contribution in [0.2, 0.25) is 0 Å². The number of carboxylic acid groups (broad SMARTS) is 1. The molecule has 0 spiro atoms. The van der Waals surface area contributed by atoms with Crippen LogP contribution in [0, 0.1) is 0 Å². The van der Waals surface area contributed by atoms with Gasteiger partial charge >= 0.3 is 5.97 Å². The summed E-state index contributed by atoms with van der Waals surface area (Å²) in [5.74, 6) is -1.08. The molecule has 1 rings (SSSR count). The van der Waals surface area contributed by atoms with E-state index in [0.29, 0.717) is 0 Å². The fourth-order valence-corrected chi connectivity index (χ4v) is 3.59. The number of carboxylic acids is 1. The number of hydrogen-bond acceptors (Lipinski definition) is 4. The molecule has 1 unspecified atom stereocenters. The van der Waals surface area contributed by atoms with E-state index in [4.69, 9.17) is 9.26 Å². The van der Waals surface area contributed by atoms with Crippen LogP contribution in [0.5, 0.6) is 0 Å². The van der Waals surface area contributed by atoms with Gasteiger partial charge in [0.1, 0.15) is 11.9 Å². The van der Waals surface area contributed by atoms with Crippen molar-refractivity contribution >= 4 is 13.5 Å². The van der Waals surface area contributed by atoms with Crippen LogP contribution in [0.1, 0.15) is 25.8 Å². The Bertz CT molecular complexity index is 507. The van der Waals surface area contributed by atoms with Gasteiger partial charge < -0.3 is 14.4 Å². The second kappa shape index (κ2) is 7.71. The molecule has 0 amide bonds. The van der Waals surface area contributed by atoms with Crippen LogP contribution in [0.15, 0.2) is 30.3 Å². The van der Waals surface area contributed by atoms with Crippen LogP contribution in [-0.2, 0) is 25.2 Å². The zero-order valence-electron chi connectivity index (χ0n) is 12.5. The van der Waals surface area contributed by atoms with Crippen molar-refractivity contribution < 1.29 is 23.7 Å². The van der Waals surface area contributed by atoms with Gasteiger partial charge in [0.25, 0.3) is 7.52 Å². The van der Waals surface area contributed by atoms with Gasteiger partial charge in [-0.3, -0.25) is 9.36 Å². The number of hydrogen-bond donors (Lipinski definition) is 2. The highest BCUT2D eigenvalue weighted by Crippen LogP contribution is 2.45. The number of ether oxygens (including phenoxy) is 1. The first-order valence-electron chi connectivity index (χ1n) is 6.64. The van der Waals surface area contributed by atoms with Gasteiger partial charge in [-0.05, 0) is 18.9 Å². The van der Waals surface area contributed by atoms with E-state index in [-0.39, 0.29) is 19.4 Å². The van der Waals surface area contributed by atoms with Crippen molar-refractivity contribution in [1.82, 2.24) is 5.09 Å². The second-order valence-electron chi connectivity index (χ2n) is 4.95.